The van der Waals surface area contributed by atoms with Crippen LogP contribution < -0.4 is 5.32 Å². The van der Waals surface area contributed by atoms with Crippen molar-refractivity contribution in [2.45, 2.75) is 277 Å². The molecule has 3 unspecified atom stereocenters. The number of aliphatic hydroxyl groups excluding tert-OH is 2. The molecule has 0 saturated heterocycles. The summed E-state index contributed by atoms with van der Waals surface area (Å²) >= 11 is 0. The van der Waals surface area contributed by atoms with Crippen molar-refractivity contribution in [3.63, 3.8) is 0 Å². The van der Waals surface area contributed by atoms with Gasteiger partial charge in [0.05, 0.1) is 25.2 Å². The quantitative estimate of drug-likeness (QED) is 0.0326. The van der Waals surface area contributed by atoms with Crippen LogP contribution in [0.1, 0.15) is 258 Å². The third kappa shape index (κ3) is 37.5. The number of carbonyl (C=O) groups excluding carboxylic acids is 2. The number of hydrogen-bond donors (Lipinski definition) is 3. The van der Waals surface area contributed by atoms with Crippen LogP contribution in [0, 0.1) is 0 Å². The van der Waals surface area contributed by atoms with Gasteiger partial charge in [0, 0.05) is 6.42 Å². The first kappa shape index (κ1) is 52.6. The molecule has 0 aliphatic rings. The summed E-state index contributed by atoms with van der Waals surface area (Å²) in [5, 5.41) is 23.7. The molecule has 0 aliphatic carbocycles. The maximum absolute atomic E-state index is 13.1. The number of esters is 1. The van der Waals surface area contributed by atoms with Crippen LogP contribution in [-0.2, 0) is 14.3 Å². The van der Waals surface area contributed by atoms with Crippen LogP contribution in [0.3, 0.4) is 0 Å². The van der Waals surface area contributed by atoms with Crippen molar-refractivity contribution in [1.82, 2.24) is 5.32 Å². The monoisotopic (exact) mass is 764 g/mol. The highest BCUT2D eigenvalue weighted by atomic mass is 16.5. The molecule has 0 fully saturated rings. The van der Waals surface area contributed by atoms with Gasteiger partial charge in [0.2, 0.25) is 5.91 Å². The van der Waals surface area contributed by atoms with Gasteiger partial charge in [0.25, 0.3) is 0 Å². The highest BCUT2D eigenvalue weighted by Crippen LogP contribution is 2.18. The molecule has 0 rings (SSSR count). The van der Waals surface area contributed by atoms with Crippen LogP contribution in [0.15, 0.2) is 12.2 Å². The largest absolute Gasteiger partial charge is 0.462 e. The third-order valence-corrected chi connectivity index (χ3v) is 11.1. The lowest BCUT2D eigenvalue weighted by atomic mass is 10.0. The van der Waals surface area contributed by atoms with Gasteiger partial charge < -0.3 is 20.3 Å². The molecule has 0 spiro atoms. The Morgan fingerprint density at radius 2 is 0.889 bits per heavy atom. The van der Waals surface area contributed by atoms with E-state index in [4.69, 9.17) is 4.74 Å². The summed E-state index contributed by atoms with van der Waals surface area (Å²) in [6.45, 7) is 6.45. The fourth-order valence-corrected chi connectivity index (χ4v) is 7.43. The molecular weight excluding hydrogens is 671 g/mol. The average molecular weight is 764 g/mol. The van der Waals surface area contributed by atoms with Crippen LogP contribution in [0.4, 0.5) is 0 Å². The van der Waals surface area contributed by atoms with E-state index >= 15 is 0 Å². The second kappa shape index (κ2) is 42.7. The van der Waals surface area contributed by atoms with Gasteiger partial charge in [-0.2, -0.15) is 0 Å². The molecule has 0 saturated carbocycles. The van der Waals surface area contributed by atoms with Crippen LogP contribution in [0.5, 0.6) is 0 Å². The summed E-state index contributed by atoms with van der Waals surface area (Å²) in [5.74, 6) is -0.475. The lowest BCUT2D eigenvalue weighted by molar-refractivity contribution is -0.151. The molecule has 0 heterocycles. The predicted molar refractivity (Wildman–Crippen MR) is 232 cm³/mol. The van der Waals surface area contributed by atoms with Crippen molar-refractivity contribution in [3.8, 4) is 0 Å². The molecule has 6 nitrogen and oxygen atoms in total. The first-order valence-electron chi connectivity index (χ1n) is 23.9. The minimum Gasteiger partial charge on any atom is -0.462 e. The van der Waals surface area contributed by atoms with Gasteiger partial charge in [-0.3, -0.25) is 9.59 Å². The maximum atomic E-state index is 13.1. The van der Waals surface area contributed by atoms with Crippen molar-refractivity contribution < 1.29 is 24.5 Å². The second-order valence-electron chi connectivity index (χ2n) is 16.5. The summed E-state index contributed by atoms with van der Waals surface area (Å²) in [7, 11) is 0. The maximum Gasteiger partial charge on any atom is 0.306 e. The van der Waals surface area contributed by atoms with E-state index in [9.17, 15) is 19.8 Å². The Balaban J connectivity index is 4.47. The molecular formula is C48H93NO5. The first-order valence-corrected chi connectivity index (χ1v) is 23.9. The Kier molecular flexibility index (Phi) is 41.6. The van der Waals surface area contributed by atoms with E-state index in [2.05, 4.69) is 38.2 Å². The van der Waals surface area contributed by atoms with Crippen LogP contribution in [0.25, 0.3) is 0 Å². The Labute approximate surface area is 336 Å². The summed E-state index contributed by atoms with van der Waals surface area (Å²) in [6.07, 6.45) is 45.5. The van der Waals surface area contributed by atoms with Gasteiger partial charge >= 0.3 is 5.97 Å². The van der Waals surface area contributed by atoms with Crippen molar-refractivity contribution in [2.75, 3.05) is 6.61 Å². The van der Waals surface area contributed by atoms with E-state index in [1.807, 2.05) is 0 Å². The van der Waals surface area contributed by atoms with Crippen molar-refractivity contribution in [1.29, 1.82) is 0 Å². The number of carbonyl (C=O) groups is 2. The summed E-state index contributed by atoms with van der Waals surface area (Å²) in [6, 6.07) is -0.694. The predicted octanol–water partition coefficient (Wildman–Crippen LogP) is 13.8. The number of nitrogens with one attached hydrogen (secondary N) is 1. The SMILES string of the molecule is CCCCC/C=C\CCCCCCCC(=O)OC(CCCCCCCCCCC)CC(=O)NC(CO)C(O)CCCCCCCCCCCCCCCC. The topological polar surface area (TPSA) is 95.9 Å². The Morgan fingerprint density at radius 3 is 1.35 bits per heavy atom. The van der Waals surface area contributed by atoms with E-state index in [1.54, 1.807) is 0 Å². The minimum absolute atomic E-state index is 0.0802. The first-order chi connectivity index (χ1) is 26.5. The standard InChI is InChI=1S/C48H93NO5/c1-4-7-10-13-16-19-21-23-24-25-28-31-34-37-40-46(51)45(43-50)49-47(52)42-44(39-36-33-30-27-18-15-12-9-6-3)54-48(53)41-38-35-32-29-26-22-20-17-14-11-8-5-2/h17,20,44-46,50-51H,4-16,18-19,21-43H2,1-3H3,(H,49,52)/b20-17-. The van der Waals surface area contributed by atoms with Gasteiger partial charge in [0.15, 0.2) is 0 Å². The molecule has 6 heteroatoms. The molecule has 0 aromatic rings. The molecule has 0 bridgehead atoms. The number of allylic oxidation sites excluding steroid dienone is 2. The van der Waals surface area contributed by atoms with Gasteiger partial charge in [-0.15, -0.1) is 0 Å². The zero-order chi connectivity index (χ0) is 39.6. The smallest absolute Gasteiger partial charge is 0.306 e. The normalized spacial score (nSPS) is 13.4. The fraction of sp³-hybridized carbons (Fsp3) is 0.917. The van der Waals surface area contributed by atoms with E-state index in [0.717, 1.165) is 51.4 Å². The van der Waals surface area contributed by atoms with E-state index in [-0.39, 0.29) is 24.9 Å². The molecule has 0 aliphatic heterocycles. The number of unbranched alkanes of at least 4 members (excludes halogenated alkanes) is 29. The van der Waals surface area contributed by atoms with Gasteiger partial charge in [0.1, 0.15) is 6.10 Å². The number of ether oxygens (including phenoxy) is 1. The molecule has 3 N–H and O–H groups in total. The molecule has 320 valence electrons. The Hall–Kier alpha value is -1.40. The van der Waals surface area contributed by atoms with Gasteiger partial charge in [-0.25, -0.2) is 0 Å². The van der Waals surface area contributed by atoms with Gasteiger partial charge in [-0.05, 0) is 51.4 Å². The van der Waals surface area contributed by atoms with E-state index < -0.39 is 18.2 Å². The minimum atomic E-state index is -0.781. The van der Waals surface area contributed by atoms with Crippen LogP contribution in [0.2, 0.25) is 0 Å². The van der Waals surface area contributed by atoms with Gasteiger partial charge in [-0.1, -0.05) is 206 Å². The summed E-state index contributed by atoms with van der Waals surface area (Å²) in [5.41, 5.74) is 0. The van der Waals surface area contributed by atoms with E-state index in [0.29, 0.717) is 19.3 Å². The number of amides is 1. The molecule has 0 radical (unpaired) electrons. The lowest BCUT2D eigenvalue weighted by Gasteiger charge is -2.24. The fourth-order valence-electron chi connectivity index (χ4n) is 7.43. The van der Waals surface area contributed by atoms with Crippen molar-refractivity contribution in [3.05, 3.63) is 12.2 Å². The number of aliphatic hydroxyl groups is 2. The molecule has 3 atom stereocenters. The zero-order valence-corrected chi connectivity index (χ0v) is 36.4. The summed E-state index contributed by atoms with van der Waals surface area (Å²) < 4.78 is 5.89. The zero-order valence-electron chi connectivity index (χ0n) is 36.4. The Morgan fingerprint density at radius 1 is 0.519 bits per heavy atom. The highest BCUT2D eigenvalue weighted by Gasteiger charge is 2.24. The second-order valence-corrected chi connectivity index (χ2v) is 16.5. The molecule has 0 aromatic heterocycles. The van der Waals surface area contributed by atoms with Crippen LogP contribution >= 0.6 is 0 Å². The number of rotatable bonds is 43. The summed E-state index contributed by atoms with van der Waals surface area (Å²) in [4.78, 5) is 25.9. The average Bonchev–Trinajstić information content (AvgIpc) is 3.16. The van der Waals surface area contributed by atoms with Crippen molar-refractivity contribution in [2.24, 2.45) is 0 Å². The van der Waals surface area contributed by atoms with Crippen molar-refractivity contribution >= 4 is 11.9 Å². The third-order valence-electron chi connectivity index (χ3n) is 11.1. The molecule has 0 aromatic carbocycles. The van der Waals surface area contributed by atoms with E-state index in [1.165, 1.54) is 161 Å². The van der Waals surface area contributed by atoms with Crippen LogP contribution in [-0.4, -0.2) is 46.9 Å². The lowest BCUT2D eigenvalue weighted by Crippen LogP contribution is -2.46. The molecule has 1 amide bonds. The number of hydrogen-bond acceptors (Lipinski definition) is 5. The Bertz CT molecular complexity index is 817. The molecule has 54 heavy (non-hydrogen) atoms. The highest BCUT2D eigenvalue weighted by molar-refractivity contribution is 5.77.